The summed E-state index contributed by atoms with van der Waals surface area (Å²) in [4.78, 5) is 4.09. The van der Waals surface area contributed by atoms with Crippen LogP contribution in [0.1, 0.15) is 19.3 Å². The quantitative estimate of drug-likeness (QED) is 0.855. The Bertz CT molecular complexity index is 395. The molecule has 2 heterocycles. The Labute approximate surface area is 115 Å². The number of anilines is 1. The van der Waals surface area contributed by atoms with E-state index in [1.807, 2.05) is 0 Å². The molecule has 0 amide bonds. The van der Waals surface area contributed by atoms with Gasteiger partial charge in [-0.2, -0.15) is 0 Å². The molecule has 1 fully saturated rings. The minimum absolute atomic E-state index is 0.219. The molecule has 1 aromatic heterocycles. The van der Waals surface area contributed by atoms with Crippen LogP contribution in [0.5, 0.6) is 0 Å². The van der Waals surface area contributed by atoms with Crippen LogP contribution in [0.4, 0.5) is 5.82 Å². The van der Waals surface area contributed by atoms with Crippen molar-refractivity contribution in [3.63, 3.8) is 0 Å². The van der Waals surface area contributed by atoms with Gasteiger partial charge in [-0.1, -0.05) is 34.8 Å². The zero-order valence-corrected chi connectivity index (χ0v) is 11.4. The van der Waals surface area contributed by atoms with Crippen molar-refractivity contribution in [3.05, 3.63) is 21.3 Å². The Kier molecular flexibility index (Phi) is 4.74. The minimum Gasteiger partial charge on any atom is -0.376 e. The van der Waals surface area contributed by atoms with Crippen LogP contribution in [0.2, 0.25) is 15.2 Å². The lowest BCUT2D eigenvalue weighted by Gasteiger charge is -2.23. The fraction of sp³-hybridized carbons (Fsp3) is 0.545. The third kappa shape index (κ3) is 3.62. The van der Waals surface area contributed by atoms with E-state index in [0.29, 0.717) is 22.4 Å². The van der Waals surface area contributed by atoms with Gasteiger partial charge in [0.05, 0.1) is 16.1 Å². The molecule has 1 atom stereocenters. The van der Waals surface area contributed by atoms with Crippen molar-refractivity contribution >= 4 is 40.6 Å². The van der Waals surface area contributed by atoms with E-state index < -0.39 is 0 Å². The van der Waals surface area contributed by atoms with Gasteiger partial charge in [-0.3, -0.25) is 0 Å². The highest BCUT2D eigenvalue weighted by atomic mass is 35.5. The highest BCUT2D eigenvalue weighted by Crippen LogP contribution is 2.29. The summed E-state index contributed by atoms with van der Waals surface area (Å²) in [6.45, 7) is 1.51. The van der Waals surface area contributed by atoms with Crippen molar-refractivity contribution in [3.8, 4) is 0 Å². The van der Waals surface area contributed by atoms with Gasteiger partial charge in [-0.15, -0.1) is 0 Å². The number of hydrogen-bond acceptors (Lipinski definition) is 3. The van der Waals surface area contributed by atoms with E-state index in [-0.39, 0.29) is 11.3 Å². The van der Waals surface area contributed by atoms with Gasteiger partial charge in [-0.25, -0.2) is 4.98 Å². The van der Waals surface area contributed by atoms with Gasteiger partial charge in [0.1, 0.15) is 11.0 Å². The van der Waals surface area contributed by atoms with Crippen LogP contribution < -0.4 is 5.32 Å². The average molecular weight is 296 g/mol. The predicted octanol–water partition coefficient (Wildman–Crippen LogP) is 4.02. The lowest BCUT2D eigenvalue weighted by atomic mass is 10.1. The highest BCUT2D eigenvalue weighted by Gasteiger charge is 2.15. The summed E-state index contributed by atoms with van der Waals surface area (Å²) in [6, 6.07) is 1.59. The molecule has 94 valence electrons. The smallest absolute Gasteiger partial charge is 0.150 e. The summed E-state index contributed by atoms with van der Waals surface area (Å²) in [5.74, 6) is 0.551. The SMILES string of the molecule is Clc1cc(Cl)c(NCC2CCCCO2)nc1Cl. The molecule has 0 aliphatic carbocycles. The lowest BCUT2D eigenvalue weighted by molar-refractivity contribution is 0.0247. The summed E-state index contributed by atoms with van der Waals surface area (Å²) >= 11 is 17.6. The molecule has 0 radical (unpaired) electrons. The molecule has 1 aliphatic rings. The largest absolute Gasteiger partial charge is 0.376 e. The Balaban J connectivity index is 1.96. The van der Waals surface area contributed by atoms with Gasteiger partial charge in [0.15, 0.2) is 0 Å². The number of aromatic nitrogens is 1. The normalized spacial score (nSPS) is 20.3. The van der Waals surface area contributed by atoms with Crippen LogP contribution in [0.25, 0.3) is 0 Å². The van der Waals surface area contributed by atoms with Crippen molar-refractivity contribution in [1.82, 2.24) is 4.98 Å². The minimum atomic E-state index is 0.219. The predicted molar refractivity (Wildman–Crippen MR) is 71.3 cm³/mol. The Morgan fingerprint density at radius 2 is 2.12 bits per heavy atom. The first-order valence-electron chi connectivity index (χ1n) is 5.54. The monoisotopic (exact) mass is 294 g/mol. The zero-order valence-electron chi connectivity index (χ0n) is 9.18. The van der Waals surface area contributed by atoms with Crippen molar-refractivity contribution in [2.75, 3.05) is 18.5 Å². The third-order valence-corrected chi connectivity index (χ3v) is 3.62. The van der Waals surface area contributed by atoms with Gasteiger partial charge in [0, 0.05) is 13.2 Å². The summed E-state index contributed by atoms with van der Waals surface area (Å²) in [5, 5.41) is 4.22. The molecular weight excluding hydrogens is 282 g/mol. The fourth-order valence-electron chi connectivity index (χ4n) is 1.75. The van der Waals surface area contributed by atoms with E-state index in [4.69, 9.17) is 39.5 Å². The maximum Gasteiger partial charge on any atom is 0.150 e. The molecule has 1 aliphatic heterocycles. The van der Waals surface area contributed by atoms with Gasteiger partial charge in [-0.05, 0) is 25.3 Å². The maximum absolute atomic E-state index is 6.01. The molecule has 1 aromatic rings. The molecule has 0 spiro atoms. The van der Waals surface area contributed by atoms with E-state index in [1.54, 1.807) is 6.07 Å². The fourth-order valence-corrected chi connectivity index (χ4v) is 2.31. The van der Waals surface area contributed by atoms with Crippen molar-refractivity contribution in [1.29, 1.82) is 0 Å². The number of halogens is 3. The van der Waals surface area contributed by atoms with Crippen LogP contribution in [-0.4, -0.2) is 24.2 Å². The van der Waals surface area contributed by atoms with E-state index in [0.717, 1.165) is 19.4 Å². The van der Waals surface area contributed by atoms with Crippen LogP contribution in [-0.2, 0) is 4.74 Å². The Morgan fingerprint density at radius 1 is 1.29 bits per heavy atom. The van der Waals surface area contributed by atoms with E-state index >= 15 is 0 Å². The second kappa shape index (κ2) is 6.10. The van der Waals surface area contributed by atoms with Crippen LogP contribution in [0, 0.1) is 0 Å². The number of nitrogens with zero attached hydrogens (tertiary/aromatic N) is 1. The Hall–Kier alpha value is -0.220. The molecule has 1 unspecified atom stereocenters. The van der Waals surface area contributed by atoms with Crippen molar-refractivity contribution < 1.29 is 4.74 Å². The number of hydrogen-bond donors (Lipinski definition) is 1. The van der Waals surface area contributed by atoms with Gasteiger partial charge < -0.3 is 10.1 Å². The standard InChI is InChI=1S/C11H13Cl3N2O/c12-8-5-9(13)11(16-10(8)14)15-6-7-3-1-2-4-17-7/h5,7H,1-4,6H2,(H,15,16). The number of pyridine rings is 1. The molecule has 17 heavy (non-hydrogen) atoms. The molecule has 0 saturated carbocycles. The van der Waals surface area contributed by atoms with Gasteiger partial charge in [0.2, 0.25) is 0 Å². The van der Waals surface area contributed by atoms with E-state index in [2.05, 4.69) is 10.3 Å². The molecule has 3 nitrogen and oxygen atoms in total. The van der Waals surface area contributed by atoms with Crippen LogP contribution in [0.15, 0.2) is 6.07 Å². The molecule has 0 aromatic carbocycles. The first-order chi connectivity index (χ1) is 8.16. The summed E-state index contributed by atoms with van der Waals surface area (Å²) in [5.41, 5.74) is 0. The molecular formula is C11H13Cl3N2O. The second-order valence-electron chi connectivity index (χ2n) is 3.96. The zero-order chi connectivity index (χ0) is 12.3. The molecule has 0 bridgehead atoms. The lowest BCUT2D eigenvalue weighted by Crippen LogP contribution is -2.27. The summed E-state index contributed by atoms with van der Waals surface area (Å²) < 4.78 is 5.60. The number of ether oxygens (including phenoxy) is 1. The maximum atomic E-state index is 6.01. The number of nitrogens with one attached hydrogen (secondary N) is 1. The molecule has 6 heteroatoms. The van der Waals surface area contributed by atoms with Crippen molar-refractivity contribution in [2.24, 2.45) is 0 Å². The number of rotatable bonds is 3. The molecule has 2 rings (SSSR count). The van der Waals surface area contributed by atoms with Crippen molar-refractivity contribution in [2.45, 2.75) is 25.4 Å². The highest BCUT2D eigenvalue weighted by molar-refractivity contribution is 6.42. The second-order valence-corrected chi connectivity index (χ2v) is 5.13. The van der Waals surface area contributed by atoms with Crippen LogP contribution in [0.3, 0.4) is 0 Å². The average Bonchev–Trinajstić information content (AvgIpc) is 2.33. The van der Waals surface area contributed by atoms with E-state index in [1.165, 1.54) is 6.42 Å². The molecule has 1 N–H and O–H groups in total. The summed E-state index contributed by atoms with van der Waals surface area (Å²) in [7, 11) is 0. The summed E-state index contributed by atoms with van der Waals surface area (Å²) in [6.07, 6.45) is 3.62. The topological polar surface area (TPSA) is 34.1 Å². The molecule has 1 saturated heterocycles. The van der Waals surface area contributed by atoms with Gasteiger partial charge >= 0.3 is 0 Å². The van der Waals surface area contributed by atoms with Gasteiger partial charge in [0.25, 0.3) is 0 Å². The first-order valence-corrected chi connectivity index (χ1v) is 6.67. The van der Waals surface area contributed by atoms with Crippen LogP contribution >= 0.6 is 34.8 Å². The first kappa shape index (κ1) is 13.2. The Morgan fingerprint density at radius 3 is 2.82 bits per heavy atom. The van der Waals surface area contributed by atoms with E-state index in [9.17, 15) is 0 Å². The third-order valence-electron chi connectivity index (χ3n) is 2.66.